The van der Waals surface area contributed by atoms with Gasteiger partial charge in [-0.25, -0.2) is 4.68 Å². The van der Waals surface area contributed by atoms with E-state index in [2.05, 4.69) is 10.00 Å². The van der Waals surface area contributed by atoms with E-state index in [0.717, 1.165) is 5.69 Å². The summed E-state index contributed by atoms with van der Waals surface area (Å²) >= 11 is 0. The van der Waals surface area contributed by atoms with Gasteiger partial charge in [-0.15, -0.1) is 0 Å². The number of piperazine rings is 1. The van der Waals surface area contributed by atoms with Gasteiger partial charge in [0.05, 0.1) is 15.5 Å². The van der Waals surface area contributed by atoms with Crippen molar-refractivity contribution in [2.75, 3.05) is 31.1 Å². The van der Waals surface area contributed by atoms with Gasteiger partial charge in [0.1, 0.15) is 0 Å². The lowest BCUT2D eigenvalue weighted by atomic mass is 10.2. The summed E-state index contributed by atoms with van der Waals surface area (Å²) in [4.78, 5) is 37.3. The lowest BCUT2D eigenvalue weighted by Crippen LogP contribution is -2.48. The molecule has 11 nitrogen and oxygen atoms in total. The fourth-order valence-electron chi connectivity index (χ4n) is 3.42. The Hall–Kier alpha value is -4.28. The smallest absolute Gasteiger partial charge is 0.274 e. The summed E-state index contributed by atoms with van der Waals surface area (Å²) in [6, 6.07) is 13.9. The van der Waals surface area contributed by atoms with Crippen LogP contribution in [0.2, 0.25) is 0 Å². The highest BCUT2D eigenvalue weighted by molar-refractivity contribution is 5.92. The average molecular weight is 422 g/mol. The van der Waals surface area contributed by atoms with Gasteiger partial charge in [0.2, 0.25) is 0 Å². The third-order valence-electron chi connectivity index (χ3n) is 5.13. The number of anilines is 1. The van der Waals surface area contributed by atoms with Crippen molar-refractivity contribution in [3.8, 4) is 5.69 Å². The summed E-state index contributed by atoms with van der Waals surface area (Å²) in [5.41, 5.74) is 1.81. The molecule has 0 radical (unpaired) electrons. The van der Waals surface area contributed by atoms with Gasteiger partial charge in [0, 0.05) is 62.3 Å². The Morgan fingerprint density at radius 3 is 1.81 bits per heavy atom. The number of carbonyl (C=O) groups is 1. The first-order valence-corrected chi connectivity index (χ1v) is 9.51. The number of amides is 1. The molecular formula is C20H18N6O5. The maximum Gasteiger partial charge on any atom is 0.274 e. The molecule has 1 aromatic heterocycles. The highest BCUT2D eigenvalue weighted by atomic mass is 16.6. The number of rotatable bonds is 5. The zero-order valence-electron chi connectivity index (χ0n) is 16.3. The second-order valence-electron chi connectivity index (χ2n) is 6.97. The van der Waals surface area contributed by atoms with Crippen LogP contribution in [0.3, 0.4) is 0 Å². The SMILES string of the molecule is O=C(c1ccn(-c2ccc([N+](=O)[O-])cc2)n1)N1CCN(c2ccc([N+](=O)[O-])cc2)CC1. The van der Waals surface area contributed by atoms with Crippen LogP contribution in [-0.2, 0) is 0 Å². The van der Waals surface area contributed by atoms with Crippen molar-refractivity contribution in [3.63, 3.8) is 0 Å². The first kappa shape index (κ1) is 20.0. The molecular weight excluding hydrogens is 404 g/mol. The third-order valence-corrected chi connectivity index (χ3v) is 5.13. The molecule has 158 valence electrons. The van der Waals surface area contributed by atoms with E-state index < -0.39 is 9.85 Å². The largest absolute Gasteiger partial charge is 0.368 e. The minimum absolute atomic E-state index is 0.0156. The number of benzene rings is 2. The molecule has 0 unspecified atom stereocenters. The summed E-state index contributed by atoms with van der Waals surface area (Å²) in [6.07, 6.45) is 1.64. The lowest BCUT2D eigenvalue weighted by molar-refractivity contribution is -0.385. The van der Waals surface area contributed by atoms with Crippen molar-refractivity contribution in [2.24, 2.45) is 0 Å². The Morgan fingerprint density at radius 2 is 1.29 bits per heavy atom. The monoisotopic (exact) mass is 422 g/mol. The minimum Gasteiger partial charge on any atom is -0.368 e. The summed E-state index contributed by atoms with van der Waals surface area (Å²) in [5, 5.41) is 25.9. The number of non-ortho nitro benzene ring substituents is 2. The maximum atomic E-state index is 12.8. The molecule has 0 bridgehead atoms. The van der Waals surface area contributed by atoms with Gasteiger partial charge < -0.3 is 9.80 Å². The number of aromatic nitrogens is 2. The first-order valence-electron chi connectivity index (χ1n) is 9.51. The Morgan fingerprint density at radius 1 is 0.774 bits per heavy atom. The highest BCUT2D eigenvalue weighted by Crippen LogP contribution is 2.21. The van der Waals surface area contributed by atoms with Crippen LogP contribution in [0.4, 0.5) is 17.1 Å². The van der Waals surface area contributed by atoms with Crippen molar-refractivity contribution in [1.82, 2.24) is 14.7 Å². The van der Waals surface area contributed by atoms with Gasteiger partial charge in [-0.2, -0.15) is 5.10 Å². The van der Waals surface area contributed by atoms with Crippen LogP contribution in [-0.4, -0.2) is 56.6 Å². The van der Waals surface area contributed by atoms with Crippen LogP contribution < -0.4 is 4.90 Å². The zero-order valence-corrected chi connectivity index (χ0v) is 16.3. The first-order chi connectivity index (χ1) is 14.9. The third kappa shape index (κ3) is 4.20. The topological polar surface area (TPSA) is 128 Å². The van der Waals surface area contributed by atoms with Crippen LogP contribution in [0.25, 0.3) is 5.69 Å². The van der Waals surface area contributed by atoms with E-state index in [-0.39, 0.29) is 17.3 Å². The fraction of sp³-hybridized carbons (Fsp3) is 0.200. The van der Waals surface area contributed by atoms with Crippen molar-refractivity contribution in [2.45, 2.75) is 0 Å². The molecule has 0 aliphatic carbocycles. The quantitative estimate of drug-likeness (QED) is 0.457. The number of nitro groups is 2. The molecule has 0 N–H and O–H groups in total. The number of hydrogen-bond acceptors (Lipinski definition) is 7. The molecule has 1 saturated heterocycles. The minimum atomic E-state index is -0.474. The molecule has 31 heavy (non-hydrogen) atoms. The average Bonchev–Trinajstić information content (AvgIpc) is 3.29. The molecule has 11 heteroatoms. The molecule has 1 aliphatic heterocycles. The van der Waals surface area contributed by atoms with Gasteiger partial charge in [0.25, 0.3) is 17.3 Å². The van der Waals surface area contributed by atoms with E-state index in [1.807, 2.05) is 0 Å². The Balaban J connectivity index is 1.39. The van der Waals surface area contributed by atoms with Crippen LogP contribution in [0, 0.1) is 20.2 Å². The van der Waals surface area contributed by atoms with Gasteiger partial charge >= 0.3 is 0 Å². The van der Waals surface area contributed by atoms with E-state index >= 15 is 0 Å². The van der Waals surface area contributed by atoms with Crippen molar-refractivity contribution >= 4 is 23.0 Å². The molecule has 2 aromatic carbocycles. The standard InChI is InChI=1S/C20H18N6O5/c27-20(19-9-10-24(21-19)16-3-7-18(8-4-16)26(30)31)23-13-11-22(12-14-23)15-1-5-17(6-2-15)25(28)29/h1-10H,11-14H2. The second kappa shape index (κ2) is 8.22. The van der Waals surface area contributed by atoms with Crippen LogP contribution in [0.15, 0.2) is 60.8 Å². The van der Waals surface area contributed by atoms with Crippen LogP contribution in [0.5, 0.6) is 0 Å². The molecule has 1 fully saturated rings. The van der Waals surface area contributed by atoms with E-state index in [1.54, 1.807) is 41.4 Å². The maximum absolute atomic E-state index is 12.8. The molecule has 2 heterocycles. The number of carbonyl (C=O) groups excluding carboxylic acids is 1. The van der Waals surface area contributed by atoms with Gasteiger partial charge in [-0.3, -0.25) is 25.0 Å². The highest BCUT2D eigenvalue weighted by Gasteiger charge is 2.24. The molecule has 0 spiro atoms. The van der Waals surface area contributed by atoms with E-state index in [9.17, 15) is 25.0 Å². The summed E-state index contributed by atoms with van der Waals surface area (Å²) in [5.74, 6) is -0.191. The predicted octanol–water partition coefficient (Wildman–Crippen LogP) is 2.65. The Labute approximate surface area is 176 Å². The summed E-state index contributed by atoms with van der Waals surface area (Å²) in [6.45, 7) is 2.21. The molecule has 0 atom stereocenters. The normalized spacial score (nSPS) is 13.8. The summed E-state index contributed by atoms with van der Waals surface area (Å²) in [7, 11) is 0. The van der Waals surface area contributed by atoms with Gasteiger partial charge in [-0.05, 0) is 30.3 Å². The number of nitrogens with zero attached hydrogens (tertiary/aromatic N) is 6. The van der Waals surface area contributed by atoms with E-state index in [4.69, 9.17) is 0 Å². The van der Waals surface area contributed by atoms with E-state index in [0.29, 0.717) is 37.6 Å². The fourth-order valence-corrected chi connectivity index (χ4v) is 3.42. The van der Waals surface area contributed by atoms with Crippen molar-refractivity contribution < 1.29 is 14.6 Å². The zero-order chi connectivity index (χ0) is 22.0. The van der Waals surface area contributed by atoms with Gasteiger partial charge in [0.15, 0.2) is 5.69 Å². The predicted molar refractivity (Wildman–Crippen MR) is 111 cm³/mol. The lowest BCUT2D eigenvalue weighted by Gasteiger charge is -2.35. The number of nitro benzene ring substituents is 2. The number of hydrogen-bond donors (Lipinski definition) is 0. The van der Waals surface area contributed by atoms with Crippen LogP contribution >= 0.6 is 0 Å². The molecule has 3 aromatic rings. The van der Waals surface area contributed by atoms with Crippen molar-refractivity contribution in [3.05, 3.63) is 86.7 Å². The Bertz CT molecular complexity index is 1120. The molecule has 1 aliphatic rings. The van der Waals surface area contributed by atoms with Gasteiger partial charge in [-0.1, -0.05) is 0 Å². The molecule has 0 saturated carbocycles. The summed E-state index contributed by atoms with van der Waals surface area (Å²) < 4.78 is 1.50. The van der Waals surface area contributed by atoms with E-state index in [1.165, 1.54) is 28.9 Å². The van der Waals surface area contributed by atoms with Crippen LogP contribution in [0.1, 0.15) is 10.5 Å². The second-order valence-corrected chi connectivity index (χ2v) is 6.97. The molecule has 1 amide bonds. The van der Waals surface area contributed by atoms with Crippen molar-refractivity contribution in [1.29, 1.82) is 0 Å². The Kier molecular flexibility index (Phi) is 5.31. The molecule has 4 rings (SSSR count).